The number of nitrogens with one attached hydrogen (secondary N) is 1. The fourth-order valence-electron chi connectivity index (χ4n) is 4.73. The van der Waals surface area contributed by atoms with E-state index in [2.05, 4.69) is 43.1 Å². The number of H-pyrrole nitrogens is 1. The van der Waals surface area contributed by atoms with E-state index >= 15 is 0 Å². The molecule has 0 bridgehead atoms. The predicted molar refractivity (Wildman–Crippen MR) is 143 cm³/mol. The van der Waals surface area contributed by atoms with Gasteiger partial charge >= 0.3 is 0 Å². The van der Waals surface area contributed by atoms with E-state index in [1.54, 1.807) is 12.1 Å². The molecule has 0 aliphatic heterocycles. The molecule has 4 aromatic rings. The third-order valence-electron chi connectivity index (χ3n) is 6.70. The first-order valence-electron chi connectivity index (χ1n) is 12.4. The average Bonchev–Trinajstić information content (AvgIpc) is 3.21. The van der Waals surface area contributed by atoms with E-state index in [1.807, 2.05) is 43.3 Å². The smallest absolute Gasteiger partial charge is 0.185 e. The lowest BCUT2D eigenvalue weighted by Gasteiger charge is -2.20. The van der Waals surface area contributed by atoms with E-state index in [-0.39, 0.29) is 0 Å². The quantitative estimate of drug-likeness (QED) is 0.235. The highest BCUT2D eigenvalue weighted by molar-refractivity contribution is 7.91. The summed E-state index contributed by atoms with van der Waals surface area (Å²) in [6.45, 7) is 6.25. The van der Waals surface area contributed by atoms with Crippen LogP contribution in [-0.2, 0) is 9.84 Å². The molecule has 34 heavy (non-hydrogen) atoms. The summed E-state index contributed by atoms with van der Waals surface area (Å²) in [4.78, 5) is 3.96. The summed E-state index contributed by atoms with van der Waals surface area (Å²) in [6, 6.07) is 23.7. The van der Waals surface area contributed by atoms with Crippen molar-refractivity contribution in [2.75, 3.05) is 0 Å². The molecule has 4 heteroatoms. The molecule has 0 saturated carbocycles. The molecule has 1 unspecified atom stereocenters. The van der Waals surface area contributed by atoms with Gasteiger partial charge in [-0.2, -0.15) is 0 Å². The van der Waals surface area contributed by atoms with Crippen molar-refractivity contribution in [2.24, 2.45) is 0 Å². The van der Waals surface area contributed by atoms with Crippen molar-refractivity contribution in [1.82, 2.24) is 4.98 Å². The number of benzene rings is 3. The van der Waals surface area contributed by atoms with Crippen LogP contribution in [0.15, 0.2) is 77.7 Å². The maximum atomic E-state index is 14.1. The van der Waals surface area contributed by atoms with Gasteiger partial charge in [0.1, 0.15) is 0 Å². The van der Waals surface area contributed by atoms with Crippen LogP contribution in [0.2, 0.25) is 0 Å². The fourth-order valence-corrected chi connectivity index (χ4v) is 6.60. The molecule has 1 N–H and O–H groups in total. The van der Waals surface area contributed by atoms with Crippen molar-refractivity contribution in [3.8, 4) is 11.3 Å². The van der Waals surface area contributed by atoms with Crippen LogP contribution in [0, 0.1) is 13.8 Å². The first kappa shape index (κ1) is 24.3. The number of rotatable bonds is 10. The Balaban J connectivity index is 1.86. The molecule has 0 fully saturated rings. The molecule has 178 valence electrons. The van der Waals surface area contributed by atoms with Crippen LogP contribution in [0.25, 0.3) is 22.2 Å². The molecule has 0 spiro atoms. The van der Waals surface area contributed by atoms with Crippen molar-refractivity contribution in [3.63, 3.8) is 0 Å². The topological polar surface area (TPSA) is 49.9 Å². The Morgan fingerprint density at radius 3 is 2.06 bits per heavy atom. The highest BCUT2D eigenvalue weighted by Gasteiger charge is 2.33. The monoisotopic (exact) mass is 473 g/mol. The van der Waals surface area contributed by atoms with Crippen LogP contribution in [0.1, 0.15) is 67.4 Å². The maximum absolute atomic E-state index is 14.1. The van der Waals surface area contributed by atoms with E-state index in [4.69, 9.17) is 0 Å². The van der Waals surface area contributed by atoms with Crippen molar-refractivity contribution < 1.29 is 8.42 Å². The van der Waals surface area contributed by atoms with Gasteiger partial charge < -0.3 is 4.98 Å². The van der Waals surface area contributed by atoms with Crippen molar-refractivity contribution in [2.45, 2.75) is 69.4 Å². The lowest BCUT2D eigenvalue weighted by atomic mass is 9.98. The van der Waals surface area contributed by atoms with Gasteiger partial charge in [-0.1, -0.05) is 105 Å². The molecular weight excluding hydrogens is 438 g/mol. The van der Waals surface area contributed by atoms with E-state index in [0.29, 0.717) is 11.3 Å². The van der Waals surface area contributed by atoms with Crippen molar-refractivity contribution in [1.29, 1.82) is 0 Å². The minimum Gasteiger partial charge on any atom is -0.354 e. The minimum atomic E-state index is -3.58. The van der Waals surface area contributed by atoms with Gasteiger partial charge in [0, 0.05) is 16.5 Å². The van der Waals surface area contributed by atoms with Crippen LogP contribution in [0.5, 0.6) is 0 Å². The van der Waals surface area contributed by atoms with E-state index in [9.17, 15) is 8.42 Å². The summed E-state index contributed by atoms with van der Waals surface area (Å²) in [5.74, 6) is 0. The third-order valence-corrected chi connectivity index (χ3v) is 8.85. The zero-order chi connectivity index (χ0) is 24.1. The number of aromatic amines is 1. The van der Waals surface area contributed by atoms with Crippen LogP contribution in [-0.4, -0.2) is 13.4 Å². The zero-order valence-corrected chi connectivity index (χ0v) is 21.3. The highest BCUT2D eigenvalue weighted by atomic mass is 32.2. The predicted octanol–water partition coefficient (Wildman–Crippen LogP) is 8.33. The van der Waals surface area contributed by atoms with Gasteiger partial charge in [-0.3, -0.25) is 0 Å². The molecule has 0 radical (unpaired) electrons. The Bertz CT molecular complexity index is 1330. The second-order valence-corrected chi connectivity index (χ2v) is 11.5. The molecular formula is C30H35NO2S. The standard InChI is InChI=1S/C30H35NO2S/c1-4-5-6-7-8-13-28(34(32,33)25-20-16-23(3)17-21-25)29-26-11-9-10-12-27(26)31-30(29)24-18-14-22(2)15-19-24/h9-12,14-21,28,31H,4-8,13H2,1-3H3. The zero-order valence-electron chi connectivity index (χ0n) is 20.5. The number of hydrogen-bond donors (Lipinski definition) is 1. The van der Waals surface area contributed by atoms with E-state index in [1.165, 1.54) is 18.4 Å². The lowest BCUT2D eigenvalue weighted by Crippen LogP contribution is -2.15. The number of hydrogen-bond acceptors (Lipinski definition) is 2. The second kappa shape index (κ2) is 10.6. The summed E-state index contributed by atoms with van der Waals surface area (Å²) in [6.07, 6.45) is 6.06. The van der Waals surface area contributed by atoms with Crippen LogP contribution in [0.4, 0.5) is 0 Å². The molecule has 1 heterocycles. The molecule has 1 aromatic heterocycles. The summed E-state index contributed by atoms with van der Waals surface area (Å²) in [7, 11) is -3.58. The number of para-hydroxylation sites is 1. The Labute approximate surface area is 204 Å². The summed E-state index contributed by atoms with van der Waals surface area (Å²) in [5, 5.41) is 0.386. The van der Waals surface area contributed by atoms with E-state index in [0.717, 1.165) is 52.5 Å². The number of fused-ring (bicyclic) bond motifs is 1. The summed E-state index contributed by atoms with van der Waals surface area (Å²) >= 11 is 0. The Kier molecular flexibility index (Phi) is 7.57. The normalized spacial score (nSPS) is 12.8. The first-order valence-corrected chi connectivity index (χ1v) is 13.9. The van der Waals surface area contributed by atoms with Crippen molar-refractivity contribution >= 4 is 20.7 Å². The molecule has 0 amide bonds. The van der Waals surface area contributed by atoms with Gasteiger partial charge in [0.15, 0.2) is 9.84 Å². The molecule has 4 rings (SSSR count). The van der Waals surface area contributed by atoms with Gasteiger partial charge in [0.05, 0.1) is 15.8 Å². The third kappa shape index (κ3) is 5.12. The van der Waals surface area contributed by atoms with Gasteiger partial charge in [0.25, 0.3) is 0 Å². The molecule has 3 aromatic carbocycles. The maximum Gasteiger partial charge on any atom is 0.185 e. The molecule has 1 atom stereocenters. The van der Waals surface area contributed by atoms with Gasteiger partial charge in [0.2, 0.25) is 0 Å². The Morgan fingerprint density at radius 2 is 1.38 bits per heavy atom. The molecule has 0 aliphatic rings. The Morgan fingerprint density at radius 1 is 0.765 bits per heavy atom. The van der Waals surface area contributed by atoms with Gasteiger partial charge in [-0.25, -0.2) is 8.42 Å². The van der Waals surface area contributed by atoms with Crippen LogP contribution in [0.3, 0.4) is 0 Å². The van der Waals surface area contributed by atoms with Gasteiger partial charge in [-0.15, -0.1) is 0 Å². The molecule has 0 aliphatic carbocycles. The second-order valence-electron chi connectivity index (χ2n) is 9.37. The van der Waals surface area contributed by atoms with Crippen LogP contribution >= 0.6 is 0 Å². The summed E-state index contributed by atoms with van der Waals surface area (Å²) in [5.41, 5.74) is 6.05. The fraction of sp³-hybridized carbons (Fsp3) is 0.333. The van der Waals surface area contributed by atoms with Crippen molar-refractivity contribution in [3.05, 3.63) is 89.5 Å². The lowest BCUT2D eigenvalue weighted by molar-refractivity contribution is 0.556. The largest absolute Gasteiger partial charge is 0.354 e. The average molecular weight is 474 g/mol. The molecule has 3 nitrogen and oxygen atoms in total. The summed E-state index contributed by atoms with van der Waals surface area (Å²) < 4.78 is 28.3. The highest BCUT2D eigenvalue weighted by Crippen LogP contribution is 2.43. The minimum absolute atomic E-state index is 0.400. The first-order chi connectivity index (χ1) is 16.4. The number of aryl methyl sites for hydroxylation is 2. The number of sulfone groups is 1. The molecule has 0 saturated heterocycles. The van der Waals surface area contributed by atoms with Crippen LogP contribution < -0.4 is 0 Å². The number of unbranched alkanes of at least 4 members (excludes halogenated alkanes) is 4. The number of aromatic nitrogens is 1. The van der Waals surface area contributed by atoms with Gasteiger partial charge in [-0.05, 0) is 44.0 Å². The van der Waals surface area contributed by atoms with E-state index < -0.39 is 15.1 Å². The SMILES string of the molecule is CCCCCCCC(c1c(-c2ccc(C)cc2)[nH]c2ccccc12)S(=O)(=O)c1ccc(C)cc1. The Hall–Kier alpha value is -2.85.